The normalized spacial score (nSPS) is 37.4. The Kier molecular flexibility index (Phi) is 2.49. The number of ether oxygens (including phenoxy) is 2. The van der Waals surface area contributed by atoms with Crippen LogP contribution in [-0.2, 0) is 14.3 Å². The molecule has 1 saturated heterocycles. The van der Waals surface area contributed by atoms with Gasteiger partial charge in [0.25, 0.3) is 0 Å². The zero-order valence-corrected chi connectivity index (χ0v) is 7.16. The summed E-state index contributed by atoms with van der Waals surface area (Å²) in [7, 11) is 0. The summed E-state index contributed by atoms with van der Waals surface area (Å²) in [5.41, 5.74) is 0. The first-order valence-corrected chi connectivity index (χ1v) is 3.99. The molecule has 0 aromatic heterocycles. The number of carbonyl (C=O) groups excluding carboxylic acids is 1. The maximum atomic E-state index is 11.0. The molecular weight excluding hydrogens is 144 g/mol. The van der Waals surface area contributed by atoms with Crippen molar-refractivity contribution < 1.29 is 14.3 Å². The van der Waals surface area contributed by atoms with Crippen LogP contribution in [-0.4, -0.2) is 18.9 Å². The highest BCUT2D eigenvalue weighted by Crippen LogP contribution is 2.27. The van der Waals surface area contributed by atoms with Gasteiger partial charge in [0, 0.05) is 12.5 Å². The number of hydrogen-bond donors (Lipinski definition) is 0. The summed E-state index contributed by atoms with van der Waals surface area (Å²) in [5.74, 6) is 0.0185. The molecule has 1 aliphatic rings. The molecule has 64 valence electrons. The third kappa shape index (κ3) is 1.53. The van der Waals surface area contributed by atoms with E-state index >= 15 is 0 Å². The van der Waals surface area contributed by atoms with Crippen LogP contribution in [0.15, 0.2) is 0 Å². The van der Waals surface area contributed by atoms with Gasteiger partial charge >= 0.3 is 5.97 Å². The van der Waals surface area contributed by atoms with E-state index in [1.54, 1.807) is 0 Å². The van der Waals surface area contributed by atoms with Crippen molar-refractivity contribution >= 4 is 5.97 Å². The lowest BCUT2D eigenvalue weighted by Crippen LogP contribution is -2.19. The molecule has 1 fully saturated rings. The second-order valence-electron chi connectivity index (χ2n) is 2.91. The van der Waals surface area contributed by atoms with Gasteiger partial charge in [-0.15, -0.1) is 0 Å². The molecule has 0 spiro atoms. The Morgan fingerprint density at radius 1 is 1.55 bits per heavy atom. The molecule has 1 rings (SSSR count). The second kappa shape index (κ2) is 3.22. The van der Waals surface area contributed by atoms with Crippen LogP contribution in [0.3, 0.4) is 0 Å². The molecule has 3 unspecified atom stereocenters. The van der Waals surface area contributed by atoms with Crippen LogP contribution >= 0.6 is 0 Å². The summed E-state index contributed by atoms with van der Waals surface area (Å²) >= 11 is 0. The van der Waals surface area contributed by atoms with E-state index in [0.717, 1.165) is 0 Å². The first-order chi connectivity index (χ1) is 5.16. The summed E-state index contributed by atoms with van der Waals surface area (Å²) in [4.78, 5) is 11.0. The van der Waals surface area contributed by atoms with Gasteiger partial charge in [-0.05, 0) is 6.92 Å². The van der Waals surface area contributed by atoms with Gasteiger partial charge in [-0.2, -0.15) is 0 Å². The van der Waals surface area contributed by atoms with E-state index in [1.807, 2.05) is 20.8 Å². The van der Waals surface area contributed by atoms with Crippen molar-refractivity contribution in [2.24, 2.45) is 11.8 Å². The number of carbonyl (C=O) groups is 1. The molecule has 0 bridgehead atoms. The second-order valence-corrected chi connectivity index (χ2v) is 2.91. The van der Waals surface area contributed by atoms with Gasteiger partial charge in [0.15, 0.2) is 0 Å². The minimum atomic E-state index is -0.317. The van der Waals surface area contributed by atoms with Crippen molar-refractivity contribution in [3.05, 3.63) is 0 Å². The van der Waals surface area contributed by atoms with E-state index in [-0.39, 0.29) is 24.1 Å². The topological polar surface area (TPSA) is 35.5 Å². The summed E-state index contributed by atoms with van der Waals surface area (Å²) in [5, 5.41) is 0. The summed E-state index contributed by atoms with van der Waals surface area (Å²) in [6.07, 6.45) is -0.317. The minimum Gasteiger partial charge on any atom is -0.435 e. The van der Waals surface area contributed by atoms with Gasteiger partial charge in [0.05, 0.1) is 5.92 Å². The first kappa shape index (κ1) is 8.53. The van der Waals surface area contributed by atoms with Crippen molar-refractivity contribution in [3.63, 3.8) is 0 Å². The first-order valence-electron chi connectivity index (χ1n) is 3.99. The van der Waals surface area contributed by atoms with E-state index in [0.29, 0.717) is 6.61 Å². The van der Waals surface area contributed by atoms with E-state index in [1.165, 1.54) is 0 Å². The molecule has 0 aromatic carbocycles. The van der Waals surface area contributed by atoms with Crippen LogP contribution in [0.5, 0.6) is 0 Å². The maximum Gasteiger partial charge on any atom is 0.311 e. The predicted octanol–water partition coefficient (Wildman–Crippen LogP) is 1.18. The fourth-order valence-electron chi connectivity index (χ4n) is 1.13. The molecule has 0 aromatic rings. The maximum absolute atomic E-state index is 11.0. The van der Waals surface area contributed by atoms with Gasteiger partial charge < -0.3 is 9.47 Å². The Bertz CT molecular complexity index is 155. The fraction of sp³-hybridized carbons (Fsp3) is 0.875. The van der Waals surface area contributed by atoms with Crippen LogP contribution in [0, 0.1) is 11.8 Å². The molecule has 1 heterocycles. The molecular formula is C8H14O3. The van der Waals surface area contributed by atoms with Gasteiger partial charge in [0.2, 0.25) is 6.29 Å². The Labute approximate surface area is 66.7 Å². The van der Waals surface area contributed by atoms with Crippen LogP contribution in [0.1, 0.15) is 20.8 Å². The molecule has 0 amide bonds. The quantitative estimate of drug-likeness (QED) is 0.566. The average Bonchev–Trinajstić information content (AvgIpc) is 2.19. The van der Waals surface area contributed by atoms with Crippen LogP contribution in [0.25, 0.3) is 0 Å². The highest BCUT2D eigenvalue weighted by Gasteiger charge is 2.38. The Hall–Kier alpha value is -0.570. The van der Waals surface area contributed by atoms with Crippen molar-refractivity contribution in [2.75, 3.05) is 6.61 Å². The van der Waals surface area contributed by atoms with Crippen LogP contribution < -0.4 is 0 Å². The molecule has 0 saturated carbocycles. The van der Waals surface area contributed by atoms with Gasteiger partial charge in [-0.25, -0.2) is 0 Å². The number of hydrogen-bond acceptors (Lipinski definition) is 3. The lowest BCUT2D eigenvalue weighted by atomic mass is 9.99. The zero-order valence-electron chi connectivity index (χ0n) is 7.16. The zero-order chi connectivity index (χ0) is 8.43. The summed E-state index contributed by atoms with van der Waals surface area (Å²) in [6, 6.07) is 0. The molecule has 1 aliphatic heterocycles. The Morgan fingerprint density at radius 2 is 2.18 bits per heavy atom. The lowest BCUT2D eigenvalue weighted by molar-refractivity contribution is -0.165. The van der Waals surface area contributed by atoms with Crippen LogP contribution in [0.4, 0.5) is 0 Å². The largest absolute Gasteiger partial charge is 0.435 e. The van der Waals surface area contributed by atoms with Gasteiger partial charge in [0.1, 0.15) is 0 Å². The highest BCUT2D eigenvalue weighted by atomic mass is 16.7. The Balaban J connectivity index is 2.52. The molecule has 3 atom stereocenters. The number of cyclic esters (lactones) is 1. The number of esters is 1. The summed E-state index contributed by atoms with van der Waals surface area (Å²) < 4.78 is 10.2. The monoisotopic (exact) mass is 158 g/mol. The summed E-state index contributed by atoms with van der Waals surface area (Å²) in [6.45, 7) is 6.32. The van der Waals surface area contributed by atoms with Gasteiger partial charge in [-0.1, -0.05) is 13.8 Å². The van der Waals surface area contributed by atoms with Crippen LogP contribution in [0.2, 0.25) is 0 Å². The standard InChI is InChI=1S/C8H14O3/c1-4-10-8-6(3)5(2)7(9)11-8/h5-6,8H,4H2,1-3H3. The van der Waals surface area contributed by atoms with Crippen molar-refractivity contribution in [1.82, 2.24) is 0 Å². The highest BCUT2D eigenvalue weighted by molar-refractivity contribution is 5.74. The average molecular weight is 158 g/mol. The van der Waals surface area contributed by atoms with E-state index in [2.05, 4.69) is 0 Å². The molecule has 0 N–H and O–H groups in total. The minimum absolute atomic E-state index is 0.0217. The lowest BCUT2D eigenvalue weighted by Gasteiger charge is -2.13. The van der Waals surface area contributed by atoms with Crippen molar-refractivity contribution in [2.45, 2.75) is 27.1 Å². The SMILES string of the molecule is CCOC1OC(=O)C(C)C1C. The number of rotatable bonds is 2. The third-order valence-corrected chi connectivity index (χ3v) is 2.15. The smallest absolute Gasteiger partial charge is 0.311 e. The van der Waals surface area contributed by atoms with Crippen molar-refractivity contribution in [1.29, 1.82) is 0 Å². The fourth-order valence-corrected chi connectivity index (χ4v) is 1.13. The molecule has 0 aliphatic carbocycles. The molecule has 0 radical (unpaired) electrons. The predicted molar refractivity (Wildman–Crippen MR) is 39.8 cm³/mol. The molecule has 3 heteroatoms. The Morgan fingerprint density at radius 3 is 2.55 bits per heavy atom. The molecule has 3 nitrogen and oxygen atoms in total. The third-order valence-electron chi connectivity index (χ3n) is 2.15. The van der Waals surface area contributed by atoms with E-state index in [9.17, 15) is 4.79 Å². The van der Waals surface area contributed by atoms with Crippen molar-refractivity contribution in [3.8, 4) is 0 Å². The molecule has 11 heavy (non-hydrogen) atoms. The van der Waals surface area contributed by atoms with E-state index < -0.39 is 0 Å². The van der Waals surface area contributed by atoms with E-state index in [4.69, 9.17) is 9.47 Å². The van der Waals surface area contributed by atoms with Gasteiger partial charge in [-0.3, -0.25) is 4.79 Å².